The van der Waals surface area contributed by atoms with Gasteiger partial charge in [0.1, 0.15) is 0 Å². The molecule has 152 valence electrons. The number of anilines is 2. The number of rotatable bonds is 7. The van der Waals surface area contributed by atoms with Gasteiger partial charge in [0, 0.05) is 17.3 Å². The van der Waals surface area contributed by atoms with Crippen LogP contribution in [0.15, 0.2) is 61.2 Å². The van der Waals surface area contributed by atoms with Crippen LogP contribution in [0.25, 0.3) is 0 Å². The fourth-order valence-electron chi connectivity index (χ4n) is 3.47. The average Bonchev–Trinajstić information content (AvgIpc) is 3.17. The van der Waals surface area contributed by atoms with E-state index in [-0.39, 0.29) is 24.4 Å². The van der Waals surface area contributed by atoms with Crippen LogP contribution in [0.3, 0.4) is 0 Å². The summed E-state index contributed by atoms with van der Waals surface area (Å²) in [6.45, 7) is 5.01. The third kappa shape index (κ3) is 5.38. The summed E-state index contributed by atoms with van der Waals surface area (Å²) in [6.07, 6.45) is 3.24. The van der Waals surface area contributed by atoms with E-state index in [0.717, 1.165) is 12.1 Å². The molecule has 1 N–H and O–H groups in total. The number of para-hydroxylation sites is 1. The molecular formula is C22H23Cl2N3O2. The molecule has 1 aliphatic heterocycles. The lowest BCUT2D eigenvalue weighted by molar-refractivity contribution is -0.123. The second-order valence-corrected chi connectivity index (χ2v) is 7.71. The standard InChI is InChI=1S/C22H23Cl2N3O2/c1-2-12-27(17-7-4-3-5-8-17)21(28)15-26-13-6-9-20(26)22(29)25-19-11-10-16(23)14-18(19)24/h2-5,7-8,10-11,14,20H,1,6,9,12-13,15H2,(H,25,29). The quantitative estimate of drug-likeness (QED) is 0.650. The Kier molecular flexibility index (Phi) is 7.31. The summed E-state index contributed by atoms with van der Waals surface area (Å²) < 4.78 is 0. The van der Waals surface area contributed by atoms with E-state index in [1.54, 1.807) is 29.2 Å². The fraction of sp³-hybridized carbons (Fsp3) is 0.273. The molecular weight excluding hydrogens is 409 g/mol. The van der Waals surface area contributed by atoms with Crippen molar-refractivity contribution in [2.45, 2.75) is 18.9 Å². The van der Waals surface area contributed by atoms with Crippen LogP contribution in [0, 0.1) is 0 Å². The van der Waals surface area contributed by atoms with Gasteiger partial charge < -0.3 is 10.2 Å². The first-order valence-electron chi connectivity index (χ1n) is 9.46. The molecule has 2 aromatic carbocycles. The molecule has 0 aliphatic carbocycles. The number of benzene rings is 2. The highest BCUT2D eigenvalue weighted by atomic mass is 35.5. The van der Waals surface area contributed by atoms with Gasteiger partial charge in [-0.25, -0.2) is 0 Å². The van der Waals surface area contributed by atoms with Gasteiger partial charge in [-0.05, 0) is 49.7 Å². The molecule has 0 spiro atoms. The Labute approximate surface area is 180 Å². The maximum atomic E-state index is 13.0. The van der Waals surface area contributed by atoms with E-state index < -0.39 is 0 Å². The zero-order valence-corrected chi connectivity index (χ0v) is 17.5. The summed E-state index contributed by atoms with van der Waals surface area (Å²) in [7, 11) is 0. The molecule has 1 saturated heterocycles. The Morgan fingerprint density at radius 3 is 2.66 bits per heavy atom. The van der Waals surface area contributed by atoms with Crippen molar-refractivity contribution < 1.29 is 9.59 Å². The summed E-state index contributed by atoms with van der Waals surface area (Å²) in [5, 5.41) is 3.74. The molecule has 1 heterocycles. The Hall–Kier alpha value is -2.34. The first-order chi connectivity index (χ1) is 14.0. The molecule has 0 saturated carbocycles. The predicted molar refractivity (Wildman–Crippen MR) is 119 cm³/mol. The van der Waals surface area contributed by atoms with Crippen molar-refractivity contribution in [3.8, 4) is 0 Å². The van der Waals surface area contributed by atoms with Gasteiger partial charge in [-0.2, -0.15) is 0 Å². The summed E-state index contributed by atoms with van der Waals surface area (Å²) in [5.41, 5.74) is 1.32. The van der Waals surface area contributed by atoms with E-state index in [4.69, 9.17) is 23.2 Å². The summed E-state index contributed by atoms with van der Waals surface area (Å²) >= 11 is 12.1. The lowest BCUT2D eigenvalue weighted by atomic mass is 10.2. The monoisotopic (exact) mass is 431 g/mol. The Bertz CT molecular complexity index is 889. The molecule has 7 heteroatoms. The highest BCUT2D eigenvalue weighted by molar-refractivity contribution is 6.36. The second kappa shape index (κ2) is 9.92. The van der Waals surface area contributed by atoms with Crippen LogP contribution in [0.4, 0.5) is 11.4 Å². The van der Waals surface area contributed by atoms with Crippen molar-refractivity contribution >= 4 is 46.4 Å². The minimum atomic E-state index is -0.382. The number of hydrogen-bond donors (Lipinski definition) is 1. The van der Waals surface area contributed by atoms with Crippen molar-refractivity contribution in [3.05, 3.63) is 71.2 Å². The normalized spacial score (nSPS) is 16.4. The van der Waals surface area contributed by atoms with E-state index in [1.807, 2.05) is 35.2 Å². The molecule has 0 aromatic heterocycles. The SMILES string of the molecule is C=CCN(C(=O)CN1CCCC1C(=O)Nc1ccc(Cl)cc1Cl)c1ccccc1. The van der Waals surface area contributed by atoms with Crippen LogP contribution in [-0.2, 0) is 9.59 Å². The van der Waals surface area contributed by atoms with Crippen LogP contribution >= 0.6 is 23.2 Å². The van der Waals surface area contributed by atoms with Crippen LogP contribution in [0.2, 0.25) is 10.0 Å². The van der Waals surface area contributed by atoms with E-state index >= 15 is 0 Å². The minimum Gasteiger partial charge on any atom is -0.323 e. The van der Waals surface area contributed by atoms with Crippen LogP contribution in [0.1, 0.15) is 12.8 Å². The van der Waals surface area contributed by atoms with E-state index in [0.29, 0.717) is 35.2 Å². The van der Waals surface area contributed by atoms with Gasteiger partial charge in [-0.15, -0.1) is 6.58 Å². The third-order valence-corrected chi connectivity index (χ3v) is 5.42. The Morgan fingerprint density at radius 1 is 1.21 bits per heavy atom. The number of halogens is 2. The summed E-state index contributed by atoms with van der Waals surface area (Å²) in [5.74, 6) is -0.241. The number of carbonyl (C=O) groups excluding carboxylic acids is 2. The van der Waals surface area contributed by atoms with Gasteiger partial charge in [-0.3, -0.25) is 14.5 Å². The van der Waals surface area contributed by atoms with Gasteiger partial charge in [0.05, 0.1) is 23.3 Å². The van der Waals surface area contributed by atoms with Gasteiger partial charge in [-0.1, -0.05) is 47.5 Å². The number of amides is 2. The number of nitrogens with zero attached hydrogens (tertiary/aromatic N) is 2. The highest BCUT2D eigenvalue weighted by Crippen LogP contribution is 2.27. The third-order valence-electron chi connectivity index (χ3n) is 4.87. The van der Waals surface area contributed by atoms with E-state index in [9.17, 15) is 9.59 Å². The molecule has 1 fully saturated rings. The van der Waals surface area contributed by atoms with Gasteiger partial charge in [0.15, 0.2) is 0 Å². The number of hydrogen-bond acceptors (Lipinski definition) is 3. The first-order valence-corrected chi connectivity index (χ1v) is 10.2. The summed E-state index contributed by atoms with van der Waals surface area (Å²) in [6, 6.07) is 14.0. The zero-order valence-electron chi connectivity index (χ0n) is 16.0. The van der Waals surface area contributed by atoms with Crippen LogP contribution in [-0.4, -0.2) is 42.4 Å². The maximum absolute atomic E-state index is 13.0. The molecule has 0 radical (unpaired) electrons. The number of likely N-dealkylation sites (tertiary alicyclic amines) is 1. The molecule has 1 atom stereocenters. The van der Waals surface area contributed by atoms with E-state index in [1.165, 1.54) is 0 Å². The van der Waals surface area contributed by atoms with Crippen LogP contribution < -0.4 is 10.2 Å². The topological polar surface area (TPSA) is 52.7 Å². The Morgan fingerprint density at radius 2 is 1.97 bits per heavy atom. The van der Waals surface area contributed by atoms with E-state index in [2.05, 4.69) is 11.9 Å². The van der Waals surface area contributed by atoms with Crippen molar-refractivity contribution in [1.29, 1.82) is 0 Å². The molecule has 29 heavy (non-hydrogen) atoms. The minimum absolute atomic E-state index is 0.0691. The lowest BCUT2D eigenvalue weighted by Gasteiger charge is -2.27. The number of nitrogens with one attached hydrogen (secondary N) is 1. The van der Waals surface area contributed by atoms with Crippen molar-refractivity contribution in [3.63, 3.8) is 0 Å². The van der Waals surface area contributed by atoms with Gasteiger partial charge in [0.2, 0.25) is 11.8 Å². The first kappa shape index (κ1) is 21.4. The maximum Gasteiger partial charge on any atom is 0.241 e. The molecule has 1 aliphatic rings. The summed E-state index contributed by atoms with van der Waals surface area (Å²) in [4.78, 5) is 29.4. The van der Waals surface area contributed by atoms with Crippen molar-refractivity contribution in [2.75, 3.05) is 29.9 Å². The second-order valence-electron chi connectivity index (χ2n) is 6.87. The van der Waals surface area contributed by atoms with Crippen molar-refractivity contribution in [2.24, 2.45) is 0 Å². The molecule has 5 nitrogen and oxygen atoms in total. The van der Waals surface area contributed by atoms with Gasteiger partial charge >= 0.3 is 0 Å². The fourth-order valence-corrected chi connectivity index (χ4v) is 3.92. The largest absolute Gasteiger partial charge is 0.323 e. The molecule has 2 aromatic rings. The van der Waals surface area contributed by atoms with Crippen LogP contribution in [0.5, 0.6) is 0 Å². The predicted octanol–water partition coefficient (Wildman–Crippen LogP) is 4.62. The lowest BCUT2D eigenvalue weighted by Crippen LogP contribution is -2.46. The molecule has 1 unspecified atom stereocenters. The molecule has 0 bridgehead atoms. The highest BCUT2D eigenvalue weighted by Gasteiger charge is 2.33. The smallest absolute Gasteiger partial charge is 0.241 e. The van der Waals surface area contributed by atoms with Crippen molar-refractivity contribution in [1.82, 2.24) is 4.90 Å². The molecule has 2 amide bonds. The molecule has 3 rings (SSSR count). The van der Waals surface area contributed by atoms with Gasteiger partial charge in [0.25, 0.3) is 0 Å². The zero-order chi connectivity index (χ0) is 20.8. The average molecular weight is 432 g/mol. The number of carbonyl (C=O) groups is 2. The Balaban J connectivity index is 1.68.